The van der Waals surface area contributed by atoms with Crippen molar-refractivity contribution in [2.75, 3.05) is 25.5 Å². The van der Waals surface area contributed by atoms with E-state index in [4.69, 9.17) is 0 Å². The minimum Gasteiger partial charge on any atom is -0.351 e. The van der Waals surface area contributed by atoms with Crippen LogP contribution < -0.4 is 15.5 Å². The van der Waals surface area contributed by atoms with Gasteiger partial charge in [0.15, 0.2) is 12.6 Å². The molecule has 128 valence electrons. The lowest BCUT2D eigenvalue weighted by atomic mass is 10.0. The van der Waals surface area contributed by atoms with Crippen LogP contribution in [0.1, 0.15) is 37.0 Å². The molecule has 2 atom stereocenters. The van der Waals surface area contributed by atoms with Gasteiger partial charge in [0.1, 0.15) is 0 Å². The van der Waals surface area contributed by atoms with Gasteiger partial charge in [-0.05, 0) is 45.2 Å². The minimum absolute atomic E-state index is 0.0216. The number of aryl methyl sites for hydroxylation is 3. The maximum atomic E-state index is 12.5. The van der Waals surface area contributed by atoms with Crippen LogP contribution in [0.25, 0.3) is 0 Å². The van der Waals surface area contributed by atoms with Gasteiger partial charge in [0, 0.05) is 12.2 Å². The number of amides is 2. The number of carbonyl (C=O) groups excluding carboxylic acids is 2. The summed E-state index contributed by atoms with van der Waals surface area (Å²) in [5.41, 5.74) is 4.17. The van der Waals surface area contributed by atoms with Gasteiger partial charge in [0.25, 0.3) is 11.8 Å². The quantitative estimate of drug-likeness (QED) is 0.701. The summed E-state index contributed by atoms with van der Waals surface area (Å²) in [6.45, 7) is 10.9. The first-order valence-electron chi connectivity index (χ1n) is 8.24. The van der Waals surface area contributed by atoms with Crippen molar-refractivity contribution in [2.24, 2.45) is 0 Å². The first-order valence-corrected chi connectivity index (χ1v) is 8.24. The molecule has 0 heterocycles. The Hall–Kier alpha value is -1.88. The number of hydrogen-bond acceptors (Lipinski definition) is 2. The maximum Gasteiger partial charge on any atom is 0.282 e. The van der Waals surface area contributed by atoms with Crippen LogP contribution in [-0.2, 0) is 9.59 Å². The molecule has 1 rings (SSSR count). The largest absolute Gasteiger partial charge is 0.351 e. The van der Waals surface area contributed by atoms with Gasteiger partial charge in [0.2, 0.25) is 0 Å². The van der Waals surface area contributed by atoms with Gasteiger partial charge in [-0.25, -0.2) is 0 Å². The van der Waals surface area contributed by atoms with Crippen molar-refractivity contribution in [3.8, 4) is 0 Å². The topological polar surface area (TPSA) is 62.6 Å². The highest BCUT2D eigenvalue weighted by Gasteiger charge is 2.24. The van der Waals surface area contributed by atoms with Crippen molar-refractivity contribution in [1.82, 2.24) is 5.32 Å². The SMILES string of the molecule is CCCNC(=O)C[NH+](C)[C@H](C)C(=O)Nc1c(C)cc(C)cc1C. The van der Waals surface area contributed by atoms with Gasteiger partial charge in [-0.3, -0.25) is 9.59 Å². The Morgan fingerprint density at radius 2 is 1.74 bits per heavy atom. The van der Waals surface area contributed by atoms with Crippen LogP contribution in [0.4, 0.5) is 5.69 Å². The molecule has 23 heavy (non-hydrogen) atoms. The van der Waals surface area contributed by atoms with Gasteiger partial charge in [0.05, 0.1) is 7.05 Å². The number of rotatable bonds is 7. The average molecular weight is 320 g/mol. The molecule has 0 saturated heterocycles. The normalized spacial score (nSPS) is 13.3. The van der Waals surface area contributed by atoms with E-state index in [1.54, 1.807) is 0 Å². The Bertz CT molecular complexity index is 546. The summed E-state index contributed by atoms with van der Waals surface area (Å²) < 4.78 is 0. The molecular formula is C18H30N3O2+. The molecule has 2 amide bonds. The molecule has 0 radical (unpaired) electrons. The zero-order valence-electron chi connectivity index (χ0n) is 15.2. The van der Waals surface area contributed by atoms with E-state index in [1.807, 2.05) is 41.7 Å². The molecule has 1 unspecified atom stereocenters. The third-order valence-electron chi connectivity index (χ3n) is 4.07. The molecule has 1 aromatic rings. The number of hydrogen-bond donors (Lipinski definition) is 3. The molecule has 0 spiro atoms. The molecule has 3 N–H and O–H groups in total. The fourth-order valence-electron chi connectivity index (χ4n) is 2.57. The zero-order valence-corrected chi connectivity index (χ0v) is 15.2. The number of likely N-dealkylation sites (N-methyl/N-ethyl adjacent to an activating group) is 1. The predicted octanol–water partition coefficient (Wildman–Crippen LogP) is 0.980. The van der Waals surface area contributed by atoms with Gasteiger partial charge >= 0.3 is 0 Å². The summed E-state index contributed by atoms with van der Waals surface area (Å²) in [4.78, 5) is 25.1. The van der Waals surface area contributed by atoms with Crippen LogP contribution in [0.2, 0.25) is 0 Å². The third kappa shape index (κ3) is 5.67. The molecule has 0 bridgehead atoms. The Balaban J connectivity index is 2.68. The third-order valence-corrected chi connectivity index (χ3v) is 4.07. The van der Waals surface area contributed by atoms with E-state index >= 15 is 0 Å². The van der Waals surface area contributed by atoms with Crippen molar-refractivity contribution in [3.63, 3.8) is 0 Å². The van der Waals surface area contributed by atoms with Crippen molar-refractivity contribution < 1.29 is 14.5 Å². The highest BCUT2D eigenvalue weighted by atomic mass is 16.2. The number of quaternary nitrogens is 1. The van der Waals surface area contributed by atoms with Crippen molar-refractivity contribution in [1.29, 1.82) is 0 Å². The van der Waals surface area contributed by atoms with E-state index in [2.05, 4.69) is 22.8 Å². The maximum absolute atomic E-state index is 12.5. The summed E-state index contributed by atoms with van der Waals surface area (Å²) in [6.07, 6.45) is 0.910. The second-order valence-electron chi connectivity index (χ2n) is 6.36. The molecule has 0 saturated carbocycles. The molecule has 1 aromatic carbocycles. The molecule has 5 nitrogen and oxygen atoms in total. The lowest BCUT2D eigenvalue weighted by Crippen LogP contribution is -3.15. The molecule has 0 aliphatic heterocycles. The molecular weight excluding hydrogens is 290 g/mol. The van der Waals surface area contributed by atoms with E-state index in [0.29, 0.717) is 13.1 Å². The Kier molecular flexibility index (Phi) is 7.23. The van der Waals surface area contributed by atoms with Crippen LogP contribution in [0.3, 0.4) is 0 Å². The van der Waals surface area contributed by atoms with Crippen LogP contribution in [0.5, 0.6) is 0 Å². The highest BCUT2D eigenvalue weighted by molar-refractivity contribution is 5.95. The smallest absolute Gasteiger partial charge is 0.282 e. The number of nitrogens with one attached hydrogen (secondary N) is 3. The van der Waals surface area contributed by atoms with Crippen molar-refractivity contribution >= 4 is 17.5 Å². The number of benzene rings is 1. The van der Waals surface area contributed by atoms with Gasteiger partial charge in [-0.2, -0.15) is 0 Å². The van der Waals surface area contributed by atoms with Crippen molar-refractivity contribution in [2.45, 2.75) is 47.1 Å². The average Bonchev–Trinajstić information content (AvgIpc) is 2.47. The van der Waals surface area contributed by atoms with Gasteiger partial charge in [-0.1, -0.05) is 24.6 Å². The fraction of sp³-hybridized carbons (Fsp3) is 0.556. The van der Waals surface area contributed by atoms with Crippen LogP contribution in [-0.4, -0.2) is 38.0 Å². The van der Waals surface area contributed by atoms with E-state index in [0.717, 1.165) is 28.1 Å². The first-order chi connectivity index (χ1) is 10.8. The molecule has 5 heteroatoms. The van der Waals surface area contributed by atoms with E-state index < -0.39 is 0 Å². The summed E-state index contributed by atoms with van der Waals surface area (Å²) in [7, 11) is 1.87. The Morgan fingerprint density at radius 1 is 1.17 bits per heavy atom. The lowest BCUT2D eigenvalue weighted by Gasteiger charge is -2.22. The summed E-state index contributed by atoms with van der Waals surface area (Å²) in [6, 6.07) is 3.81. The van der Waals surface area contributed by atoms with E-state index in [9.17, 15) is 9.59 Å². The van der Waals surface area contributed by atoms with Crippen LogP contribution >= 0.6 is 0 Å². The molecule has 0 aliphatic carbocycles. The zero-order chi connectivity index (χ0) is 17.6. The number of anilines is 1. The van der Waals surface area contributed by atoms with Gasteiger partial charge < -0.3 is 15.5 Å². The van der Waals surface area contributed by atoms with Gasteiger partial charge in [-0.15, -0.1) is 0 Å². The Labute approximate surface area is 139 Å². The first kappa shape index (κ1) is 19.2. The standard InChI is InChI=1S/C18H29N3O2/c1-7-8-19-16(22)11-21(6)15(5)18(23)20-17-13(3)9-12(2)10-14(17)4/h9-10,15H,7-8,11H2,1-6H3,(H,19,22)(H,20,23)/p+1/t15-/m1/s1. The van der Waals surface area contributed by atoms with Crippen molar-refractivity contribution in [3.05, 3.63) is 28.8 Å². The lowest BCUT2D eigenvalue weighted by molar-refractivity contribution is -0.885. The molecule has 0 fully saturated rings. The van der Waals surface area contributed by atoms with E-state index in [1.165, 1.54) is 5.56 Å². The monoisotopic (exact) mass is 320 g/mol. The molecule has 0 aliphatic rings. The highest BCUT2D eigenvalue weighted by Crippen LogP contribution is 2.21. The summed E-state index contributed by atoms with van der Waals surface area (Å²) in [5, 5.41) is 5.85. The second kappa shape index (κ2) is 8.67. The van der Waals surface area contributed by atoms with Crippen LogP contribution in [0.15, 0.2) is 12.1 Å². The minimum atomic E-state index is -0.303. The molecule has 0 aromatic heterocycles. The summed E-state index contributed by atoms with van der Waals surface area (Å²) in [5.74, 6) is -0.0902. The second-order valence-corrected chi connectivity index (χ2v) is 6.36. The predicted molar refractivity (Wildman–Crippen MR) is 93.8 cm³/mol. The fourth-order valence-corrected chi connectivity index (χ4v) is 2.57. The number of carbonyl (C=O) groups is 2. The van der Waals surface area contributed by atoms with E-state index in [-0.39, 0.29) is 17.9 Å². The van der Waals surface area contributed by atoms with Crippen LogP contribution in [0, 0.1) is 20.8 Å². The summed E-state index contributed by atoms with van der Waals surface area (Å²) >= 11 is 0. The Morgan fingerprint density at radius 3 is 2.26 bits per heavy atom.